The number of benzene rings is 1. The van der Waals surface area contributed by atoms with E-state index in [0.29, 0.717) is 0 Å². The van der Waals surface area contributed by atoms with Crippen molar-refractivity contribution in [2.75, 3.05) is 6.26 Å². The lowest BCUT2D eigenvalue weighted by Gasteiger charge is -2.13. The molecule has 0 bridgehead atoms. The molecule has 1 unspecified atom stereocenters. The Labute approximate surface area is 124 Å². The number of allylic oxidation sites excluding steroid dienone is 2. The van der Waals surface area contributed by atoms with E-state index in [1.54, 1.807) is 11.8 Å². The van der Waals surface area contributed by atoms with Crippen molar-refractivity contribution < 1.29 is 10.2 Å². The van der Waals surface area contributed by atoms with Crippen LogP contribution in [-0.2, 0) is 0 Å². The van der Waals surface area contributed by atoms with Gasteiger partial charge in [0.25, 0.3) is 0 Å². The zero-order valence-corrected chi connectivity index (χ0v) is 12.5. The van der Waals surface area contributed by atoms with Crippen molar-refractivity contribution in [2.45, 2.75) is 43.1 Å². The Morgan fingerprint density at radius 2 is 1.80 bits per heavy atom. The molecule has 1 saturated carbocycles. The molecule has 1 aromatic carbocycles. The van der Waals surface area contributed by atoms with Crippen LogP contribution in [0.15, 0.2) is 40.5 Å². The molecular weight excluding hydrogens is 268 g/mol. The van der Waals surface area contributed by atoms with Crippen molar-refractivity contribution in [3.63, 3.8) is 0 Å². The molecule has 0 saturated heterocycles. The van der Waals surface area contributed by atoms with Gasteiger partial charge in [0.15, 0.2) is 5.76 Å². The molecule has 0 aliphatic heterocycles. The zero-order valence-electron chi connectivity index (χ0n) is 11.7. The molecule has 1 aromatic rings. The van der Waals surface area contributed by atoms with Crippen molar-refractivity contribution in [3.8, 4) is 11.8 Å². The van der Waals surface area contributed by atoms with E-state index in [-0.39, 0.29) is 5.76 Å². The maximum atomic E-state index is 10.0. The summed E-state index contributed by atoms with van der Waals surface area (Å²) in [6, 6.07) is 7.67. The molecule has 1 aliphatic rings. The highest BCUT2D eigenvalue weighted by molar-refractivity contribution is 7.98. The summed E-state index contributed by atoms with van der Waals surface area (Å²) in [6.45, 7) is 0. The molecule has 2 nitrogen and oxygen atoms in total. The van der Waals surface area contributed by atoms with E-state index in [9.17, 15) is 10.2 Å². The van der Waals surface area contributed by atoms with Gasteiger partial charge in [0.1, 0.15) is 6.10 Å². The molecule has 1 fully saturated rings. The second kappa shape index (κ2) is 7.42. The Balaban J connectivity index is 2.06. The van der Waals surface area contributed by atoms with E-state index < -0.39 is 6.10 Å². The topological polar surface area (TPSA) is 40.5 Å². The van der Waals surface area contributed by atoms with Crippen LogP contribution >= 0.6 is 11.8 Å². The predicted octanol–water partition coefficient (Wildman–Crippen LogP) is 4.22. The van der Waals surface area contributed by atoms with Gasteiger partial charge < -0.3 is 10.2 Å². The Bertz CT molecular complexity index is 526. The fraction of sp³-hybridized carbons (Fsp3) is 0.412. The monoisotopic (exact) mass is 288 g/mol. The van der Waals surface area contributed by atoms with Gasteiger partial charge in [-0.15, -0.1) is 11.8 Å². The maximum Gasteiger partial charge on any atom is 0.166 e. The van der Waals surface area contributed by atoms with Gasteiger partial charge >= 0.3 is 0 Å². The fourth-order valence-electron chi connectivity index (χ4n) is 2.31. The molecule has 0 aromatic heterocycles. The highest BCUT2D eigenvalue weighted by Crippen LogP contribution is 2.25. The van der Waals surface area contributed by atoms with Crippen LogP contribution in [0.25, 0.3) is 0 Å². The summed E-state index contributed by atoms with van der Waals surface area (Å²) in [7, 11) is 0. The van der Waals surface area contributed by atoms with Crippen molar-refractivity contribution >= 4 is 11.8 Å². The van der Waals surface area contributed by atoms with E-state index in [0.717, 1.165) is 41.7 Å². The molecule has 106 valence electrons. The van der Waals surface area contributed by atoms with Crippen LogP contribution in [-0.4, -0.2) is 16.5 Å². The molecule has 0 spiro atoms. The molecular formula is C17H20O2S. The molecule has 1 atom stereocenters. The van der Waals surface area contributed by atoms with Crippen LogP contribution in [0.5, 0.6) is 0 Å². The molecule has 2 rings (SSSR count). The van der Waals surface area contributed by atoms with Gasteiger partial charge in [-0.3, -0.25) is 0 Å². The first kappa shape index (κ1) is 15.0. The van der Waals surface area contributed by atoms with Gasteiger partial charge in [-0.05, 0) is 61.1 Å². The average Bonchev–Trinajstić information content (AvgIpc) is 2.53. The second-order valence-corrected chi connectivity index (χ2v) is 5.84. The molecule has 0 amide bonds. The Kier molecular flexibility index (Phi) is 5.58. The second-order valence-electron chi connectivity index (χ2n) is 4.96. The normalized spacial score (nSPS) is 16.2. The van der Waals surface area contributed by atoms with Crippen LogP contribution in [0, 0.1) is 11.8 Å². The minimum absolute atomic E-state index is 0.157. The molecule has 3 heteroatoms. The Morgan fingerprint density at radius 3 is 2.40 bits per heavy atom. The first-order chi connectivity index (χ1) is 9.70. The van der Waals surface area contributed by atoms with E-state index >= 15 is 0 Å². The van der Waals surface area contributed by atoms with Crippen LogP contribution < -0.4 is 0 Å². The van der Waals surface area contributed by atoms with Gasteiger partial charge in [0, 0.05) is 4.90 Å². The van der Waals surface area contributed by atoms with Crippen molar-refractivity contribution in [1.29, 1.82) is 0 Å². The Morgan fingerprint density at radius 1 is 1.15 bits per heavy atom. The molecule has 0 radical (unpaired) electrons. The summed E-state index contributed by atoms with van der Waals surface area (Å²) in [5, 5.41) is 20.0. The predicted molar refractivity (Wildman–Crippen MR) is 83.7 cm³/mol. The highest BCUT2D eigenvalue weighted by Gasteiger charge is 2.09. The summed E-state index contributed by atoms with van der Waals surface area (Å²) >= 11 is 1.66. The number of aliphatic hydroxyl groups excluding tert-OH is 2. The molecule has 2 N–H and O–H groups in total. The SMILES string of the molecule is CSc1ccc(C(O)C#CC(O)=C2CCCCC2)cc1. The van der Waals surface area contributed by atoms with E-state index in [1.165, 1.54) is 6.42 Å². The third-order valence-electron chi connectivity index (χ3n) is 3.55. The number of thioether (sulfide) groups is 1. The van der Waals surface area contributed by atoms with Gasteiger partial charge in [-0.1, -0.05) is 24.5 Å². The number of hydrogen-bond acceptors (Lipinski definition) is 3. The summed E-state index contributed by atoms with van der Waals surface area (Å²) < 4.78 is 0. The summed E-state index contributed by atoms with van der Waals surface area (Å²) in [5.74, 6) is 5.59. The highest BCUT2D eigenvalue weighted by atomic mass is 32.2. The summed E-state index contributed by atoms with van der Waals surface area (Å²) in [6.07, 6.45) is 6.50. The van der Waals surface area contributed by atoms with E-state index in [2.05, 4.69) is 11.8 Å². The van der Waals surface area contributed by atoms with Gasteiger partial charge in [-0.2, -0.15) is 0 Å². The lowest BCUT2D eigenvalue weighted by molar-refractivity contribution is 0.238. The van der Waals surface area contributed by atoms with Crippen molar-refractivity contribution in [1.82, 2.24) is 0 Å². The van der Waals surface area contributed by atoms with Gasteiger partial charge in [0.05, 0.1) is 0 Å². The largest absolute Gasteiger partial charge is 0.501 e. The number of rotatable bonds is 2. The quantitative estimate of drug-likeness (QED) is 0.486. The van der Waals surface area contributed by atoms with Crippen molar-refractivity contribution in [2.24, 2.45) is 0 Å². The van der Waals surface area contributed by atoms with Crippen molar-refractivity contribution in [3.05, 3.63) is 41.2 Å². The third-order valence-corrected chi connectivity index (χ3v) is 4.29. The lowest BCUT2D eigenvalue weighted by atomic mass is 9.94. The smallest absolute Gasteiger partial charge is 0.166 e. The third kappa shape index (κ3) is 4.06. The number of aliphatic hydroxyl groups is 2. The van der Waals surface area contributed by atoms with Crippen LogP contribution in [0.3, 0.4) is 0 Å². The number of hydrogen-bond donors (Lipinski definition) is 2. The lowest BCUT2D eigenvalue weighted by Crippen LogP contribution is -1.98. The summed E-state index contributed by atoms with van der Waals surface area (Å²) in [5.41, 5.74) is 1.80. The minimum Gasteiger partial charge on any atom is -0.501 e. The summed E-state index contributed by atoms with van der Waals surface area (Å²) in [4.78, 5) is 1.15. The first-order valence-corrected chi connectivity index (χ1v) is 8.17. The van der Waals surface area contributed by atoms with E-state index in [1.807, 2.05) is 30.5 Å². The van der Waals surface area contributed by atoms with Crippen LogP contribution in [0.2, 0.25) is 0 Å². The Hall–Kier alpha value is -1.37. The molecule has 0 heterocycles. The fourth-order valence-corrected chi connectivity index (χ4v) is 2.72. The van der Waals surface area contributed by atoms with Gasteiger partial charge in [0.2, 0.25) is 0 Å². The molecule has 20 heavy (non-hydrogen) atoms. The zero-order chi connectivity index (χ0) is 14.4. The van der Waals surface area contributed by atoms with Crippen LogP contribution in [0.4, 0.5) is 0 Å². The maximum absolute atomic E-state index is 10.0. The van der Waals surface area contributed by atoms with Gasteiger partial charge in [-0.25, -0.2) is 0 Å². The standard InChI is InChI=1S/C17H20O2S/c1-20-15-9-7-14(8-10-15)17(19)12-11-16(18)13-5-3-2-4-6-13/h7-10,17-19H,2-6H2,1H3. The first-order valence-electron chi connectivity index (χ1n) is 6.95. The average molecular weight is 288 g/mol. The molecule has 1 aliphatic carbocycles. The minimum atomic E-state index is -0.850. The van der Waals surface area contributed by atoms with E-state index in [4.69, 9.17) is 0 Å². The van der Waals surface area contributed by atoms with Crippen LogP contribution in [0.1, 0.15) is 43.8 Å².